The van der Waals surface area contributed by atoms with E-state index in [-0.39, 0.29) is 0 Å². The first-order valence-corrected chi connectivity index (χ1v) is 6.96. The second-order valence-corrected chi connectivity index (χ2v) is 4.24. The van der Waals surface area contributed by atoms with Crippen LogP contribution in [0.3, 0.4) is 0 Å². The largest absolute Gasteiger partial charge is 0.490 e. The lowest BCUT2D eigenvalue weighted by atomic mass is 10.4. The van der Waals surface area contributed by atoms with Gasteiger partial charge in [0.25, 0.3) is 0 Å². The van der Waals surface area contributed by atoms with Crippen LogP contribution in [0.1, 0.15) is 12.7 Å². The number of furan rings is 1. The summed E-state index contributed by atoms with van der Waals surface area (Å²) in [5, 5.41) is 6.38. The number of pyridine rings is 1. The molecule has 2 aromatic rings. The van der Waals surface area contributed by atoms with Crippen LogP contribution in [-0.4, -0.2) is 30.6 Å². The number of nitrogens with one attached hydrogen (secondary N) is 2. The summed E-state index contributed by atoms with van der Waals surface area (Å²) in [6, 6.07) is 7.48. The predicted octanol–water partition coefficient (Wildman–Crippen LogP) is 1.81. The van der Waals surface area contributed by atoms with E-state index in [0.29, 0.717) is 19.7 Å². The average Bonchev–Trinajstić information content (AvgIpc) is 3.03. The molecule has 2 N–H and O–H groups in total. The van der Waals surface area contributed by atoms with Crippen molar-refractivity contribution in [1.29, 1.82) is 0 Å². The first kappa shape index (κ1) is 14.9. The smallest absolute Gasteiger partial charge is 0.191 e. The average molecular weight is 288 g/mol. The number of aliphatic imine (C=N–C) groups is 1. The van der Waals surface area contributed by atoms with Crippen molar-refractivity contribution in [2.24, 2.45) is 4.99 Å². The molecule has 0 saturated heterocycles. The number of guanidine groups is 1. The van der Waals surface area contributed by atoms with Crippen molar-refractivity contribution in [2.75, 3.05) is 19.7 Å². The highest BCUT2D eigenvalue weighted by atomic mass is 16.5. The summed E-state index contributed by atoms with van der Waals surface area (Å²) in [5.74, 6) is 2.33. The van der Waals surface area contributed by atoms with Gasteiger partial charge >= 0.3 is 0 Å². The van der Waals surface area contributed by atoms with E-state index in [9.17, 15) is 0 Å². The van der Waals surface area contributed by atoms with E-state index in [0.717, 1.165) is 24.0 Å². The Labute approximate surface area is 124 Å². The van der Waals surface area contributed by atoms with Crippen molar-refractivity contribution in [3.63, 3.8) is 0 Å². The van der Waals surface area contributed by atoms with Crippen LogP contribution in [0.2, 0.25) is 0 Å². The van der Waals surface area contributed by atoms with E-state index in [1.165, 1.54) is 0 Å². The van der Waals surface area contributed by atoms with Crippen LogP contribution >= 0.6 is 0 Å². The van der Waals surface area contributed by atoms with E-state index in [1.807, 2.05) is 31.2 Å². The van der Waals surface area contributed by atoms with E-state index < -0.39 is 0 Å². The molecule has 0 bridgehead atoms. The van der Waals surface area contributed by atoms with Crippen LogP contribution in [0.5, 0.6) is 5.75 Å². The van der Waals surface area contributed by atoms with Crippen LogP contribution in [0.25, 0.3) is 0 Å². The zero-order valence-electron chi connectivity index (χ0n) is 12.1. The maximum absolute atomic E-state index is 5.56. The van der Waals surface area contributed by atoms with Crippen LogP contribution < -0.4 is 15.4 Å². The molecule has 0 aliphatic rings. The zero-order chi connectivity index (χ0) is 14.8. The van der Waals surface area contributed by atoms with Gasteiger partial charge in [-0.05, 0) is 31.2 Å². The molecular formula is C15H20N4O2. The standard InChI is InChI=1S/C15H20N4O2/c1-2-17-15(19-12-14-6-4-9-20-14)18-8-10-21-13-5-3-7-16-11-13/h3-7,9,11H,2,8,10,12H2,1H3,(H2,17,18,19). The van der Waals surface area contributed by atoms with Gasteiger partial charge in [-0.3, -0.25) is 4.98 Å². The van der Waals surface area contributed by atoms with Gasteiger partial charge in [0.2, 0.25) is 0 Å². The third-order valence-corrected chi connectivity index (χ3v) is 2.61. The molecule has 0 aromatic carbocycles. The summed E-state index contributed by atoms with van der Waals surface area (Å²) in [6.45, 7) is 4.52. The zero-order valence-corrected chi connectivity index (χ0v) is 12.1. The third-order valence-electron chi connectivity index (χ3n) is 2.61. The fourth-order valence-electron chi connectivity index (χ4n) is 1.67. The summed E-state index contributed by atoms with van der Waals surface area (Å²) in [6.07, 6.45) is 5.05. The van der Waals surface area contributed by atoms with Gasteiger partial charge in [0, 0.05) is 12.7 Å². The molecule has 0 fully saturated rings. The third kappa shape index (κ3) is 5.56. The van der Waals surface area contributed by atoms with Crippen LogP contribution in [-0.2, 0) is 6.54 Å². The maximum atomic E-state index is 5.56. The quantitative estimate of drug-likeness (QED) is 0.462. The Morgan fingerprint density at radius 2 is 2.29 bits per heavy atom. The summed E-state index contributed by atoms with van der Waals surface area (Å²) in [7, 11) is 0. The van der Waals surface area contributed by atoms with Crippen LogP contribution in [0, 0.1) is 0 Å². The molecule has 0 aliphatic heterocycles. The highest BCUT2D eigenvalue weighted by Gasteiger charge is 1.99. The molecule has 0 radical (unpaired) electrons. The van der Waals surface area contributed by atoms with Gasteiger partial charge in [-0.25, -0.2) is 4.99 Å². The Bertz CT molecular complexity index is 526. The second-order valence-electron chi connectivity index (χ2n) is 4.24. The molecule has 2 aromatic heterocycles. The van der Waals surface area contributed by atoms with Gasteiger partial charge in [-0.15, -0.1) is 0 Å². The number of hydrogen-bond donors (Lipinski definition) is 2. The summed E-state index contributed by atoms with van der Waals surface area (Å²) in [4.78, 5) is 8.43. The molecule has 2 rings (SSSR count). The maximum Gasteiger partial charge on any atom is 0.191 e. The fraction of sp³-hybridized carbons (Fsp3) is 0.333. The van der Waals surface area contributed by atoms with E-state index in [2.05, 4.69) is 20.6 Å². The SMILES string of the molecule is CCNC(=NCc1ccco1)NCCOc1cccnc1. The number of rotatable bonds is 7. The minimum atomic E-state index is 0.506. The summed E-state index contributed by atoms with van der Waals surface area (Å²) >= 11 is 0. The molecule has 0 aliphatic carbocycles. The van der Waals surface area contributed by atoms with Crippen molar-refractivity contribution < 1.29 is 9.15 Å². The fourth-order valence-corrected chi connectivity index (χ4v) is 1.67. The van der Waals surface area contributed by atoms with Gasteiger partial charge in [0.05, 0.1) is 19.0 Å². The Hall–Kier alpha value is -2.50. The molecule has 6 heteroatoms. The van der Waals surface area contributed by atoms with Crippen molar-refractivity contribution >= 4 is 5.96 Å². The number of hydrogen-bond acceptors (Lipinski definition) is 4. The van der Waals surface area contributed by atoms with Gasteiger partial charge in [0.1, 0.15) is 24.7 Å². The molecule has 0 amide bonds. The van der Waals surface area contributed by atoms with Crippen molar-refractivity contribution in [1.82, 2.24) is 15.6 Å². The number of nitrogens with zero attached hydrogens (tertiary/aromatic N) is 2. The highest BCUT2D eigenvalue weighted by Crippen LogP contribution is 2.05. The monoisotopic (exact) mass is 288 g/mol. The minimum Gasteiger partial charge on any atom is -0.490 e. The van der Waals surface area contributed by atoms with Crippen molar-refractivity contribution in [3.8, 4) is 5.75 Å². The van der Waals surface area contributed by atoms with Crippen molar-refractivity contribution in [2.45, 2.75) is 13.5 Å². The Morgan fingerprint density at radius 1 is 1.33 bits per heavy atom. The van der Waals surface area contributed by atoms with Crippen molar-refractivity contribution in [3.05, 3.63) is 48.7 Å². The van der Waals surface area contributed by atoms with Gasteiger partial charge in [-0.2, -0.15) is 0 Å². The molecule has 6 nitrogen and oxygen atoms in total. The molecule has 0 unspecified atom stereocenters. The minimum absolute atomic E-state index is 0.506. The summed E-state index contributed by atoms with van der Waals surface area (Å²) in [5.41, 5.74) is 0. The Balaban J connectivity index is 1.73. The summed E-state index contributed by atoms with van der Waals surface area (Å²) < 4.78 is 10.8. The van der Waals surface area contributed by atoms with Crippen LogP contribution in [0.4, 0.5) is 0 Å². The molecule has 0 spiro atoms. The van der Waals surface area contributed by atoms with Crippen LogP contribution in [0.15, 0.2) is 52.3 Å². The van der Waals surface area contributed by atoms with Gasteiger partial charge < -0.3 is 19.8 Å². The Morgan fingerprint density at radius 3 is 3.00 bits per heavy atom. The molecule has 0 saturated carbocycles. The highest BCUT2D eigenvalue weighted by molar-refractivity contribution is 5.79. The number of aromatic nitrogens is 1. The lowest BCUT2D eigenvalue weighted by Gasteiger charge is -2.11. The molecule has 0 atom stereocenters. The van der Waals surface area contributed by atoms with E-state index in [4.69, 9.17) is 9.15 Å². The number of ether oxygens (including phenoxy) is 1. The molecule has 21 heavy (non-hydrogen) atoms. The second kappa shape index (κ2) is 8.63. The molecule has 112 valence electrons. The first-order valence-electron chi connectivity index (χ1n) is 6.96. The van der Waals surface area contributed by atoms with Gasteiger partial charge in [0.15, 0.2) is 5.96 Å². The molecular weight excluding hydrogens is 268 g/mol. The Kier molecular flexibility index (Phi) is 6.12. The topological polar surface area (TPSA) is 71.7 Å². The lowest BCUT2D eigenvalue weighted by molar-refractivity contribution is 0.320. The van der Waals surface area contributed by atoms with E-state index >= 15 is 0 Å². The van der Waals surface area contributed by atoms with E-state index in [1.54, 1.807) is 18.7 Å². The van der Waals surface area contributed by atoms with Gasteiger partial charge in [-0.1, -0.05) is 0 Å². The predicted molar refractivity (Wildman–Crippen MR) is 81.3 cm³/mol. The first-order chi connectivity index (χ1) is 10.4. The lowest BCUT2D eigenvalue weighted by Crippen LogP contribution is -2.39. The normalized spacial score (nSPS) is 11.2. The molecule has 2 heterocycles.